The molecule has 3 N–H and O–H groups in total. The van der Waals surface area contributed by atoms with Crippen LogP contribution in [0, 0.1) is 0 Å². The summed E-state index contributed by atoms with van der Waals surface area (Å²) in [5.41, 5.74) is 5.43. The van der Waals surface area contributed by atoms with E-state index in [4.69, 9.17) is 19.9 Å². The van der Waals surface area contributed by atoms with Gasteiger partial charge in [-0.15, -0.1) is 11.3 Å². The highest BCUT2D eigenvalue weighted by Crippen LogP contribution is 2.23. The summed E-state index contributed by atoms with van der Waals surface area (Å²) in [5.74, 6) is -0.814. The van der Waals surface area contributed by atoms with E-state index >= 15 is 0 Å². The van der Waals surface area contributed by atoms with E-state index in [2.05, 4.69) is 5.32 Å². The number of anilines is 1. The predicted octanol–water partition coefficient (Wildman–Crippen LogP) is 2.19. The summed E-state index contributed by atoms with van der Waals surface area (Å²) >= 11 is 1.15. The van der Waals surface area contributed by atoms with Crippen molar-refractivity contribution in [2.45, 2.75) is 26.1 Å². The summed E-state index contributed by atoms with van der Waals surface area (Å²) in [5, 5.41) is 4.45. The van der Waals surface area contributed by atoms with Crippen molar-refractivity contribution in [3.05, 3.63) is 41.3 Å². The molecule has 2 aromatic rings. The molecule has 2 unspecified atom stereocenters. The van der Waals surface area contributed by atoms with E-state index in [0.29, 0.717) is 16.5 Å². The van der Waals surface area contributed by atoms with Gasteiger partial charge in [-0.1, -0.05) is 0 Å². The van der Waals surface area contributed by atoms with Crippen molar-refractivity contribution >= 4 is 34.1 Å². The molecule has 0 aliphatic carbocycles. The highest BCUT2D eigenvalue weighted by Gasteiger charge is 2.24. The van der Waals surface area contributed by atoms with E-state index in [-0.39, 0.29) is 5.56 Å². The molecule has 0 aliphatic heterocycles. The van der Waals surface area contributed by atoms with Crippen LogP contribution in [0.3, 0.4) is 0 Å². The molecule has 0 aliphatic rings. The summed E-state index contributed by atoms with van der Waals surface area (Å²) in [6.45, 7) is 2.94. The van der Waals surface area contributed by atoms with Crippen molar-refractivity contribution in [1.29, 1.82) is 0 Å². The van der Waals surface area contributed by atoms with E-state index in [1.165, 1.54) is 19.9 Å². The van der Waals surface area contributed by atoms with Gasteiger partial charge in [0, 0.05) is 0 Å². The number of rotatable bonds is 8. The Balaban J connectivity index is 1.90. The van der Waals surface area contributed by atoms with Crippen LogP contribution in [0.25, 0.3) is 0 Å². The Kier molecular flexibility index (Phi) is 6.78. The van der Waals surface area contributed by atoms with Crippen molar-refractivity contribution in [1.82, 2.24) is 0 Å². The van der Waals surface area contributed by atoms with Crippen LogP contribution in [0.15, 0.2) is 35.7 Å². The van der Waals surface area contributed by atoms with Gasteiger partial charge in [0.1, 0.15) is 16.5 Å². The number of hydrogen-bond donors (Lipinski definition) is 2. The Bertz CT molecular complexity index is 818. The van der Waals surface area contributed by atoms with Gasteiger partial charge in [-0.25, -0.2) is 4.79 Å². The number of methoxy groups -OCH3 is 1. The second-order valence-electron chi connectivity index (χ2n) is 5.53. The molecule has 9 heteroatoms. The number of carbonyl (C=O) groups excluding carboxylic acids is 3. The highest BCUT2D eigenvalue weighted by molar-refractivity contribution is 7.14. The predicted molar refractivity (Wildman–Crippen MR) is 100 cm³/mol. The van der Waals surface area contributed by atoms with E-state index in [1.807, 2.05) is 0 Å². The van der Waals surface area contributed by atoms with Gasteiger partial charge >= 0.3 is 5.97 Å². The van der Waals surface area contributed by atoms with Gasteiger partial charge in [-0.2, -0.15) is 0 Å². The number of nitrogens with one attached hydrogen (secondary N) is 1. The smallest absolute Gasteiger partial charge is 0.347 e. The van der Waals surface area contributed by atoms with Crippen molar-refractivity contribution in [3.8, 4) is 11.5 Å². The lowest BCUT2D eigenvalue weighted by molar-refractivity contribution is -0.159. The maximum absolute atomic E-state index is 12.2. The fourth-order valence-corrected chi connectivity index (χ4v) is 2.84. The zero-order valence-electron chi connectivity index (χ0n) is 15.1. The van der Waals surface area contributed by atoms with Crippen molar-refractivity contribution < 1.29 is 28.6 Å². The third-order valence-corrected chi connectivity index (χ3v) is 4.36. The normalized spacial score (nSPS) is 12.6. The van der Waals surface area contributed by atoms with E-state index in [0.717, 1.165) is 11.3 Å². The first-order chi connectivity index (χ1) is 12.8. The zero-order chi connectivity index (χ0) is 20.0. The summed E-state index contributed by atoms with van der Waals surface area (Å²) in [4.78, 5) is 35.6. The second kappa shape index (κ2) is 9.04. The minimum Gasteiger partial charge on any atom is -0.497 e. The number of primary amides is 1. The Hall–Kier alpha value is -3.07. The average molecular weight is 392 g/mol. The number of ether oxygens (including phenoxy) is 3. The minimum atomic E-state index is -1.08. The topological polar surface area (TPSA) is 117 Å². The number of amides is 2. The lowest BCUT2D eigenvalue weighted by Crippen LogP contribution is -2.35. The standard InChI is InChI=1S/C18H20N2O6S/c1-10(16(22)20-17-14(15(19)21)8-9-27-17)26-18(23)11(2)25-13-6-4-12(24-3)5-7-13/h4-11H,1-3H3,(H2,19,21)(H,20,22). The summed E-state index contributed by atoms with van der Waals surface area (Å²) in [6.07, 6.45) is -2.00. The molecule has 0 saturated heterocycles. The van der Waals surface area contributed by atoms with Crippen LogP contribution in [0.5, 0.6) is 11.5 Å². The zero-order valence-corrected chi connectivity index (χ0v) is 15.9. The van der Waals surface area contributed by atoms with Crippen LogP contribution >= 0.6 is 11.3 Å². The number of thiophene rings is 1. The molecule has 1 aromatic carbocycles. The fourth-order valence-electron chi connectivity index (χ4n) is 2.04. The molecule has 2 atom stereocenters. The number of hydrogen-bond acceptors (Lipinski definition) is 7. The maximum atomic E-state index is 12.2. The monoisotopic (exact) mass is 392 g/mol. The van der Waals surface area contributed by atoms with Crippen molar-refractivity contribution in [2.75, 3.05) is 12.4 Å². The van der Waals surface area contributed by atoms with Crippen molar-refractivity contribution in [3.63, 3.8) is 0 Å². The third kappa shape index (κ3) is 5.45. The van der Waals surface area contributed by atoms with Gasteiger partial charge in [-0.3, -0.25) is 9.59 Å². The Morgan fingerprint density at radius 2 is 1.67 bits per heavy atom. The molecule has 0 bridgehead atoms. The first-order valence-corrected chi connectivity index (χ1v) is 8.89. The molecule has 1 heterocycles. The number of esters is 1. The van der Waals surface area contributed by atoms with E-state index in [9.17, 15) is 14.4 Å². The molecule has 2 rings (SSSR count). The van der Waals surface area contributed by atoms with Gasteiger partial charge < -0.3 is 25.3 Å². The average Bonchev–Trinajstić information content (AvgIpc) is 3.10. The molecule has 0 radical (unpaired) electrons. The summed E-state index contributed by atoms with van der Waals surface area (Å²) in [6, 6.07) is 8.20. The Morgan fingerprint density at radius 3 is 2.26 bits per heavy atom. The Labute approximate surface area is 160 Å². The third-order valence-electron chi connectivity index (χ3n) is 3.53. The molecule has 144 valence electrons. The Morgan fingerprint density at radius 1 is 1.04 bits per heavy atom. The van der Waals surface area contributed by atoms with Crippen LogP contribution in [0.1, 0.15) is 24.2 Å². The number of nitrogens with two attached hydrogens (primary N) is 1. The van der Waals surface area contributed by atoms with Gasteiger partial charge in [0.15, 0.2) is 12.2 Å². The molecular formula is C18H20N2O6S. The summed E-state index contributed by atoms with van der Waals surface area (Å²) in [7, 11) is 1.55. The van der Waals surface area contributed by atoms with Crippen LogP contribution in [-0.4, -0.2) is 37.1 Å². The van der Waals surface area contributed by atoms with Crippen LogP contribution < -0.4 is 20.5 Å². The van der Waals surface area contributed by atoms with E-state index < -0.39 is 30.0 Å². The number of benzene rings is 1. The molecule has 0 spiro atoms. The quantitative estimate of drug-likeness (QED) is 0.665. The molecule has 27 heavy (non-hydrogen) atoms. The maximum Gasteiger partial charge on any atom is 0.347 e. The van der Waals surface area contributed by atoms with Gasteiger partial charge in [0.2, 0.25) is 0 Å². The molecule has 1 aromatic heterocycles. The lowest BCUT2D eigenvalue weighted by atomic mass is 10.3. The molecular weight excluding hydrogens is 372 g/mol. The molecule has 0 fully saturated rings. The molecule has 0 saturated carbocycles. The van der Waals surface area contributed by atoms with Crippen molar-refractivity contribution in [2.24, 2.45) is 5.73 Å². The lowest BCUT2D eigenvalue weighted by Gasteiger charge is -2.17. The molecule has 2 amide bonds. The largest absolute Gasteiger partial charge is 0.497 e. The van der Waals surface area contributed by atoms with Gasteiger partial charge in [0.05, 0.1) is 12.7 Å². The van der Waals surface area contributed by atoms with Crippen LogP contribution in [0.4, 0.5) is 5.00 Å². The number of carbonyl (C=O) groups is 3. The first kappa shape index (κ1) is 20.2. The van der Waals surface area contributed by atoms with Gasteiger partial charge in [-0.05, 0) is 49.6 Å². The fraction of sp³-hybridized carbons (Fsp3) is 0.278. The van der Waals surface area contributed by atoms with Gasteiger partial charge in [0.25, 0.3) is 11.8 Å². The SMILES string of the molecule is COc1ccc(OC(C)C(=O)OC(C)C(=O)Nc2sccc2C(N)=O)cc1. The summed E-state index contributed by atoms with van der Waals surface area (Å²) < 4.78 is 15.7. The first-order valence-electron chi connectivity index (χ1n) is 8.01. The minimum absolute atomic E-state index is 0.197. The highest BCUT2D eigenvalue weighted by atomic mass is 32.1. The van der Waals surface area contributed by atoms with E-state index in [1.54, 1.807) is 36.8 Å². The van der Waals surface area contributed by atoms with Crippen LogP contribution in [0.2, 0.25) is 0 Å². The van der Waals surface area contributed by atoms with Crippen LogP contribution in [-0.2, 0) is 14.3 Å². The molecule has 8 nitrogen and oxygen atoms in total. The second-order valence-corrected chi connectivity index (χ2v) is 6.45.